The van der Waals surface area contributed by atoms with Crippen LogP contribution in [0, 0.1) is 0 Å². The molecule has 0 spiro atoms. The van der Waals surface area contributed by atoms with Crippen molar-refractivity contribution in [1.82, 2.24) is 5.32 Å². The Kier molecular flexibility index (Phi) is 5.55. The van der Waals surface area contributed by atoms with E-state index in [0.717, 1.165) is 5.69 Å². The van der Waals surface area contributed by atoms with Gasteiger partial charge >= 0.3 is 0 Å². The Hall–Kier alpha value is -2.33. The monoisotopic (exact) mass is 316 g/mol. The molecule has 1 N–H and O–H groups in total. The zero-order chi connectivity index (χ0) is 15.9. The third-order valence-electron chi connectivity index (χ3n) is 3.20. The highest BCUT2D eigenvalue weighted by Gasteiger charge is 2.16. The van der Waals surface area contributed by atoms with Gasteiger partial charge in [-0.05, 0) is 31.2 Å². The van der Waals surface area contributed by atoms with E-state index in [1.807, 2.05) is 37.3 Å². The lowest BCUT2D eigenvalue weighted by Gasteiger charge is -2.21. The average Bonchev–Trinajstić information content (AvgIpc) is 2.55. The van der Waals surface area contributed by atoms with Crippen molar-refractivity contribution >= 4 is 29.1 Å². The normalized spacial score (nSPS) is 10.1. The number of hydrogen-bond donors (Lipinski definition) is 1. The molecule has 2 amide bonds. The van der Waals surface area contributed by atoms with Gasteiger partial charge in [0.2, 0.25) is 5.91 Å². The van der Waals surface area contributed by atoms with Crippen LogP contribution in [0.25, 0.3) is 0 Å². The minimum absolute atomic E-state index is 0.0766. The third-order valence-corrected chi connectivity index (χ3v) is 3.53. The molecule has 0 atom stereocenters. The van der Waals surface area contributed by atoms with Gasteiger partial charge in [0, 0.05) is 12.2 Å². The molecule has 0 heterocycles. The molecule has 2 aromatic carbocycles. The van der Waals surface area contributed by atoms with Crippen molar-refractivity contribution in [3.8, 4) is 0 Å². The lowest BCUT2D eigenvalue weighted by molar-refractivity contribution is -0.117. The van der Waals surface area contributed by atoms with Gasteiger partial charge in [-0.1, -0.05) is 41.9 Å². The van der Waals surface area contributed by atoms with Crippen molar-refractivity contribution in [2.75, 3.05) is 18.0 Å². The van der Waals surface area contributed by atoms with E-state index in [9.17, 15) is 9.59 Å². The smallest absolute Gasteiger partial charge is 0.253 e. The maximum absolute atomic E-state index is 12.3. The lowest BCUT2D eigenvalue weighted by atomic mass is 10.2. The molecule has 0 aliphatic rings. The fraction of sp³-hybridized carbons (Fsp3) is 0.176. The van der Waals surface area contributed by atoms with Crippen molar-refractivity contribution in [1.29, 1.82) is 0 Å². The van der Waals surface area contributed by atoms with Crippen molar-refractivity contribution in [3.63, 3.8) is 0 Å². The van der Waals surface area contributed by atoms with Crippen LogP contribution in [0.3, 0.4) is 0 Å². The zero-order valence-electron chi connectivity index (χ0n) is 12.3. The Bertz CT molecular complexity index is 659. The van der Waals surface area contributed by atoms with Crippen molar-refractivity contribution in [3.05, 3.63) is 65.2 Å². The van der Waals surface area contributed by atoms with E-state index in [1.54, 1.807) is 29.2 Å². The summed E-state index contributed by atoms with van der Waals surface area (Å²) in [6, 6.07) is 16.1. The maximum atomic E-state index is 12.3. The number of nitrogens with zero attached hydrogens (tertiary/aromatic N) is 1. The van der Waals surface area contributed by atoms with E-state index in [0.29, 0.717) is 17.1 Å². The number of rotatable bonds is 5. The first-order valence-electron chi connectivity index (χ1n) is 7.01. The summed E-state index contributed by atoms with van der Waals surface area (Å²) in [4.78, 5) is 25.9. The van der Waals surface area contributed by atoms with Crippen molar-refractivity contribution in [2.24, 2.45) is 0 Å². The van der Waals surface area contributed by atoms with E-state index in [-0.39, 0.29) is 18.4 Å². The van der Waals surface area contributed by atoms with E-state index in [1.165, 1.54) is 0 Å². The van der Waals surface area contributed by atoms with E-state index < -0.39 is 0 Å². The first-order chi connectivity index (χ1) is 10.6. The number of para-hydroxylation sites is 1. The standard InChI is InChI=1S/C17H17ClN2O2/c1-2-20(13-8-4-3-5-9-13)16(21)12-19-17(22)14-10-6-7-11-15(14)18/h3-11H,2,12H2,1H3,(H,19,22). The summed E-state index contributed by atoms with van der Waals surface area (Å²) < 4.78 is 0. The molecule has 0 radical (unpaired) electrons. The number of halogens is 1. The topological polar surface area (TPSA) is 49.4 Å². The summed E-state index contributed by atoms with van der Waals surface area (Å²) >= 11 is 5.96. The van der Waals surface area contributed by atoms with E-state index in [4.69, 9.17) is 11.6 Å². The fourth-order valence-corrected chi connectivity index (χ4v) is 2.32. The van der Waals surface area contributed by atoms with Crippen LogP contribution in [0.15, 0.2) is 54.6 Å². The number of anilines is 1. The van der Waals surface area contributed by atoms with Crippen LogP contribution in [0.1, 0.15) is 17.3 Å². The second-order valence-corrected chi connectivity index (χ2v) is 5.04. The molecule has 114 valence electrons. The Morgan fingerprint density at radius 3 is 2.32 bits per heavy atom. The largest absolute Gasteiger partial charge is 0.343 e. The number of amides is 2. The second-order valence-electron chi connectivity index (χ2n) is 4.64. The Morgan fingerprint density at radius 2 is 1.68 bits per heavy atom. The second kappa shape index (κ2) is 7.61. The van der Waals surface area contributed by atoms with Gasteiger partial charge in [0.25, 0.3) is 5.91 Å². The number of carbonyl (C=O) groups excluding carboxylic acids is 2. The van der Waals surface area contributed by atoms with E-state index >= 15 is 0 Å². The predicted molar refractivity (Wildman–Crippen MR) is 88.3 cm³/mol. The Balaban J connectivity index is 2.00. The zero-order valence-corrected chi connectivity index (χ0v) is 13.0. The summed E-state index contributed by atoms with van der Waals surface area (Å²) in [5.74, 6) is -0.530. The number of hydrogen-bond acceptors (Lipinski definition) is 2. The molecule has 0 unspecified atom stereocenters. The van der Waals surface area contributed by atoms with Gasteiger partial charge in [-0.15, -0.1) is 0 Å². The molecule has 2 aromatic rings. The summed E-state index contributed by atoms with van der Waals surface area (Å²) in [6.45, 7) is 2.35. The highest BCUT2D eigenvalue weighted by molar-refractivity contribution is 6.33. The molecular weight excluding hydrogens is 300 g/mol. The van der Waals surface area contributed by atoms with Gasteiger partial charge in [0.05, 0.1) is 17.1 Å². The van der Waals surface area contributed by atoms with Crippen LogP contribution in [-0.4, -0.2) is 24.9 Å². The molecule has 0 saturated carbocycles. The van der Waals surface area contributed by atoms with Gasteiger partial charge in [0.1, 0.15) is 0 Å². The third kappa shape index (κ3) is 3.86. The van der Waals surface area contributed by atoms with Gasteiger partial charge in [-0.25, -0.2) is 0 Å². The molecule has 2 rings (SSSR count). The number of likely N-dealkylation sites (N-methyl/N-ethyl adjacent to an activating group) is 1. The maximum Gasteiger partial charge on any atom is 0.253 e. The first-order valence-corrected chi connectivity index (χ1v) is 7.39. The van der Waals surface area contributed by atoms with Crippen LogP contribution >= 0.6 is 11.6 Å². The molecular formula is C17H17ClN2O2. The van der Waals surface area contributed by atoms with Gasteiger partial charge in [-0.3, -0.25) is 9.59 Å². The van der Waals surface area contributed by atoms with Crippen molar-refractivity contribution < 1.29 is 9.59 Å². The molecule has 5 heteroatoms. The van der Waals surface area contributed by atoms with Crippen LogP contribution < -0.4 is 10.2 Å². The number of carbonyl (C=O) groups is 2. The Morgan fingerprint density at radius 1 is 1.05 bits per heavy atom. The molecule has 0 aliphatic carbocycles. The minimum atomic E-state index is -0.358. The molecule has 0 saturated heterocycles. The van der Waals surface area contributed by atoms with Crippen LogP contribution in [0.4, 0.5) is 5.69 Å². The molecule has 0 aromatic heterocycles. The summed E-state index contributed by atoms with van der Waals surface area (Å²) in [5, 5.41) is 2.97. The van der Waals surface area contributed by atoms with Crippen molar-refractivity contribution in [2.45, 2.75) is 6.92 Å². The molecule has 22 heavy (non-hydrogen) atoms. The molecule has 0 bridgehead atoms. The van der Waals surface area contributed by atoms with Gasteiger partial charge in [0.15, 0.2) is 0 Å². The predicted octanol–water partition coefficient (Wildman–Crippen LogP) is 3.12. The summed E-state index contributed by atoms with van der Waals surface area (Å²) in [6.07, 6.45) is 0. The summed E-state index contributed by atoms with van der Waals surface area (Å²) in [7, 11) is 0. The average molecular weight is 317 g/mol. The molecule has 0 aliphatic heterocycles. The van der Waals surface area contributed by atoms with Gasteiger partial charge < -0.3 is 10.2 Å². The quantitative estimate of drug-likeness (QED) is 0.921. The SMILES string of the molecule is CCN(C(=O)CNC(=O)c1ccccc1Cl)c1ccccc1. The van der Waals surface area contributed by atoms with Crippen LogP contribution in [0.5, 0.6) is 0 Å². The first kappa shape index (κ1) is 16.0. The Labute approximate surface area is 134 Å². The highest BCUT2D eigenvalue weighted by atomic mass is 35.5. The molecule has 4 nitrogen and oxygen atoms in total. The van der Waals surface area contributed by atoms with Gasteiger partial charge in [-0.2, -0.15) is 0 Å². The highest BCUT2D eigenvalue weighted by Crippen LogP contribution is 2.15. The fourth-order valence-electron chi connectivity index (χ4n) is 2.10. The molecule has 0 fully saturated rings. The van der Waals surface area contributed by atoms with Crippen LogP contribution in [-0.2, 0) is 4.79 Å². The van der Waals surface area contributed by atoms with Crippen LogP contribution in [0.2, 0.25) is 5.02 Å². The van der Waals surface area contributed by atoms with E-state index in [2.05, 4.69) is 5.32 Å². The number of benzene rings is 2. The minimum Gasteiger partial charge on any atom is -0.343 e. The number of nitrogens with one attached hydrogen (secondary N) is 1. The summed E-state index contributed by atoms with van der Waals surface area (Å²) in [5.41, 5.74) is 1.17. The lowest BCUT2D eigenvalue weighted by Crippen LogP contribution is -2.40.